The minimum Gasteiger partial charge on any atom is -0.389 e. The number of nitrogens with zero attached hydrogens (tertiary/aromatic N) is 1. The van der Waals surface area contributed by atoms with E-state index in [9.17, 15) is 5.11 Å². The quantitative estimate of drug-likeness (QED) is 0.846. The van der Waals surface area contributed by atoms with Crippen LogP contribution in [0.5, 0.6) is 0 Å². The van der Waals surface area contributed by atoms with E-state index < -0.39 is 5.60 Å². The van der Waals surface area contributed by atoms with Gasteiger partial charge in [0.2, 0.25) is 0 Å². The van der Waals surface area contributed by atoms with Gasteiger partial charge in [0.15, 0.2) is 0 Å². The third-order valence-electron chi connectivity index (χ3n) is 3.35. The minimum absolute atomic E-state index is 0.352. The molecule has 2 N–H and O–H groups in total. The summed E-state index contributed by atoms with van der Waals surface area (Å²) in [5.41, 5.74) is 0.426. The van der Waals surface area contributed by atoms with Gasteiger partial charge in [-0.1, -0.05) is 0 Å². The van der Waals surface area contributed by atoms with Crippen LogP contribution in [0.15, 0.2) is 5.38 Å². The van der Waals surface area contributed by atoms with E-state index >= 15 is 0 Å². The van der Waals surface area contributed by atoms with Gasteiger partial charge in [-0.05, 0) is 33.2 Å². The first kappa shape index (κ1) is 12.0. The van der Waals surface area contributed by atoms with Crippen molar-refractivity contribution in [3.63, 3.8) is 0 Å². The van der Waals surface area contributed by atoms with Crippen LogP contribution in [0.25, 0.3) is 0 Å². The first-order chi connectivity index (χ1) is 7.58. The highest BCUT2D eigenvalue weighted by atomic mass is 32.1. The number of thiazole rings is 1. The number of nitrogens with one attached hydrogen (secondary N) is 1. The van der Waals surface area contributed by atoms with Crippen LogP contribution < -0.4 is 5.32 Å². The summed E-state index contributed by atoms with van der Waals surface area (Å²) in [5, 5.41) is 17.0. The Morgan fingerprint density at radius 1 is 1.69 bits per heavy atom. The Bertz CT molecular complexity index is 343. The third-order valence-corrected chi connectivity index (χ3v) is 4.32. The van der Waals surface area contributed by atoms with E-state index in [2.05, 4.69) is 10.3 Å². The highest BCUT2D eigenvalue weighted by Crippen LogP contribution is 2.28. The fourth-order valence-electron chi connectivity index (χ4n) is 2.32. The van der Waals surface area contributed by atoms with E-state index in [1.54, 1.807) is 11.3 Å². The standard InChI is InChI=1S/C12H20N2OS/c1-9-8-16-11(14-9)6-12(2,15)10-4-3-5-13-7-10/h8,10,13,15H,3-7H2,1-2H3. The predicted octanol–water partition coefficient (Wildman–Crippen LogP) is 1.74. The molecule has 4 heteroatoms. The highest BCUT2D eigenvalue weighted by molar-refractivity contribution is 7.09. The van der Waals surface area contributed by atoms with Gasteiger partial charge in [0, 0.05) is 30.0 Å². The average Bonchev–Trinajstić information content (AvgIpc) is 2.64. The van der Waals surface area contributed by atoms with Gasteiger partial charge in [-0.2, -0.15) is 0 Å². The molecule has 90 valence electrons. The number of aryl methyl sites for hydroxylation is 1. The summed E-state index contributed by atoms with van der Waals surface area (Å²) >= 11 is 1.65. The lowest BCUT2D eigenvalue weighted by molar-refractivity contribution is -0.0102. The molecule has 0 bridgehead atoms. The Hall–Kier alpha value is -0.450. The molecule has 2 unspecified atom stereocenters. The molecule has 0 radical (unpaired) electrons. The van der Waals surface area contributed by atoms with Crippen LogP contribution in [0.1, 0.15) is 30.5 Å². The molecule has 1 saturated heterocycles. The molecule has 1 fully saturated rings. The van der Waals surface area contributed by atoms with Gasteiger partial charge in [-0.3, -0.25) is 0 Å². The normalized spacial score (nSPS) is 25.3. The van der Waals surface area contributed by atoms with E-state index in [0.29, 0.717) is 12.3 Å². The van der Waals surface area contributed by atoms with Crippen LogP contribution >= 0.6 is 11.3 Å². The van der Waals surface area contributed by atoms with Gasteiger partial charge in [0.25, 0.3) is 0 Å². The molecule has 0 spiro atoms. The summed E-state index contributed by atoms with van der Waals surface area (Å²) in [5.74, 6) is 0.352. The Balaban J connectivity index is 2.00. The number of aromatic nitrogens is 1. The largest absolute Gasteiger partial charge is 0.389 e. The smallest absolute Gasteiger partial charge is 0.0956 e. The van der Waals surface area contributed by atoms with Crippen LogP contribution in [0.4, 0.5) is 0 Å². The van der Waals surface area contributed by atoms with E-state index in [-0.39, 0.29) is 0 Å². The molecule has 1 aliphatic rings. The van der Waals surface area contributed by atoms with Crippen LogP contribution in [-0.2, 0) is 6.42 Å². The Labute approximate surface area is 101 Å². The average molecular weight is 240 g/mol. The monoisotopic (exact) mass is 240 g/mol. The van der Waals surface area contributed by atoms with Gasteiger partial charge in [-0.15, -0.1) is 11.3 Å². The van der Waals surface area contributed by atoms with Gasteiger partial charge >= 0.3 is 0 Å². The second kappa shape index (κ2) is 4.82. The van der Waals surface area contributed by atoms with Crippen molar-refractivity contribution in [2.24, 2.45) is 5.92 Å². The second-order valence-electron chi connectivity index (χ2n) is 4.96. The first-order valence-corrected chi connectivity index (χ1v) is 6.80. The molecule has 2 heterocycles. The van der Waals surface area contributed by atoms with E-state index in [1.807, 2.05) is 19.2 Å². The van der Waals surface area contributed by atoms with Crippen LogP contribution in [-0.4, -0.2) is 28.8 Å². The van der Waals surface area contributed by atoms with Crippen LogP contribution in [0.3, 0.4) is 0 Å². The van der Waals surface area contributed by atoms with Gasteiger partial charge in [0.1, 0.15) is 0 Å². The maximum absolute atomic E-state index is 10.5. The zero-order valence-electron chi connectivity index (χ0n) is 9.99. The van der Waals surface area contributed by atoms with E-state index in [4.69, 9.17) is 0 Å². The molecule has 0 saturated carbocycles. The lowest BCUT2D eigenvalue weighted by atomic mass is 9.81. The highest BCUT2D eigenvalue weighted by Gasteiger charge is 2.33. The Morgan fingerprint density at radius 2 is 2.50 bits per heavy atom. The number of piperidine rings is 1. The molecule has 2 atom stereocenters. The van der Waals surface area contributed by atoms with Gasteiger partial charge in [-0.25, -0.2) is 4.98 Å². The lowest BCUT2D eigenvalue weighted by Crippen LogP contribution is -2.45. The summed E-state index contributed by atoms with van der Waals surface area (Å²) < 4.78 is 0. The van der Waals surface area contributed by atoms with Crippen molar-refractivity contribution >= 4 is 11.3 Å². The maximum Gasteiger partial charge on any atom is 0.0956 e. The number of hydrogen-bond donors (Lipinski definition) is 2. The fourth-order valence-corrected chi connectivity index (χ4v) is 3.25. The number of aliphatic hydroxyl groups is 1. The molecular weight excluding hydrogens is 220 g/mol. The predicted molar refractivity (Wildman–Crippen MR) is 66.8 cm³/mol. The van der Waals surface area contributed by atoms with Crippen LogP contribution in [0.2, 0.25) is 0 Å². The van der Waals surface area contributed by atoms with E-state index in [0.717, 1.165) is 36.6 Å². The van der Waals surface area contributed by atoms with Gasteiger partial charge < -0.3 is 10.4 Å². The van der Waals surface area contributed by atoms with Crippen molar-refractivity contribution in [2.75, 3.05) is 13.1 Å². The molecule has 0 amide bonds. The second-order valence-corrected chi connectivity index (χ2v) is 5.90. The van der Waals surface area contributed by atoms with Crippen molar-refractivity contribution in [1.82, 2.24) is 10.3 Å². The SMILES string of the molecule is Cc1csc(CC(C)(O)C2CCCNC2)n1. The Kier molecular flexibility index (Phi) is 3.62. The van der Waals surface area contributed by atoms with Crippen molar-refractivity contribution in [3.05, 3.63) is 16.1 Å². The zero-order chi connectivity index (χ0) is 11.6. The maximum atomic E-state index is 10.5. The first-order valence-electron chi connectivity index (χ1n) is 5.92. The summed E-state index contributed by atoms with van der Waals surface area (Å²) in [4.78, 5) is 4.43. The molecule has 3 nitrogen and oxygen atoms in total. The molecule has 1 aliphatic heterocycles. The molecule has 1 aromatic heterocycles. The summed E-state index contributed by atoms with van der Waals surface area (Å²) in [6.07, 6.45) is 2.96. The fraction of sp³-hybridized carbons (Fsp3) is 0.750. The van der Waals surface area contributed by atoms with Crippen molar-refractivity contribution < 1.29 is 5.11 Å². The van der Waals surface area contributed by atoms with E-state index in [1.165, 1.54) is 0 Å². The molecule has 2 rings (SSSR count). The van der Waals surface area contributed by atoms with Gasteiger partial charge in [0.05, 0.1) is 10.6 Å². The van der Waals surface area contributed by atoms with Crippen molar-refractivity contribution in [2.45, 2.75) is 38.7 Å². The zero-order valence-corrected chi connectivity index (χ0v) is 10.8. The number of rotatable bonds is 3. The summed E-state index contributed by atoms with van der Waals surface area (Å²) in [6, 6.07) is 0. The molecular formula is C12H20N2OS. The minimum atomic E-state index is -0.627. The summed E-state index contributed by atoms with van der Waals surface area (Å²) in [7, 11) is 0. The number of hydrogen-bond acceptors (Lipinski definition) is 4. The lowest BCUT2D eigenvalue weighted by Gasteiger charge is -2.35. The van der Waals surface area contributed by atoms with Crippen molar-refractivity contribution in [1.29, 1.82) is 0 Å². The van der Waals surface area contributed by atoms with Crippen LogP contribution in [0, 0.1) is 12.8 Å². The Morgan fingerprint density at radius 3 is 3.06 bits per heavy atom. The topological polar surface area (TPSA) is 45.1 Å². The van der Waals surface area contributed by atoms with Crippen molar-refractivity contribution in [3.8, 4) is 0 Å². The molecule has 1 aromatic rings. The molecule has 0 aliphatic carbocycles. The molecule has 0 aromatic carbocycles. The third kappa shape index (κ3) is 2.81. The molecule has 16 heavy (non-hydrogen) atoms. The summed E-state index contributed by atoms with van der Waals surface area (Å²) in [6.45, 7) is 5.96.